The van der Waals surface area contributed by atoms with Gasteiger partial charge in [0.15, 0.2) is 0 Å². The molecule has 114 valence electrons. The van der Waals surface area contributed by atoms with Gasteiger partial charge in [-0.3, -0.25) is 9.69 Å². The predicted molar refractivity (Wildman–Crippen MR) is 88.4 cm³/mol. The number of amides is 1. The summed E-state index contributed by atoms with van der Waals surface area (Å²) in [6.07, 6.45) is 4.90. The second kappa shape index (κ2) is 6.46. The molecule has 2 atom stereocenters. The van der Waals surface area contributed by atoms with E-state index in [0.717, 1.165) is 23.0 Å². The molecule has 0 aromatic heterocycles. The third-order valence-corrected chi connectivity index (χ3v) is 5.30. The number of carbonyl (C=O) groups is 1. The minimum absolute atomic E-state index is 0.0512. The number of para-hydroxylation sites is 1. The molecule has 2 heterocycles. The molecule has 2 bridgehead atoms. The van der Waals surface area contributed by atoms with Gasteiger partial charge in [-0.2, -0.15) is 0 Å². The Balaban J connectivity index is 1.54. The molecule has 2 aliphatic rings. The fourth-order valence-corrected chi connectivity index (χ4v) is 3.88. The quantitative estimate of drug-likeness (QED) is 0.876. The van der Waals surface area contributed by atoms with Gasteiger partial charge in [-0.05, 0) is 60.8 Å². The second-order valence-electron chi connectivity index (χ2n) is 6.21. The molecule has 2 N–H and O–H groups in total. The van der Waals surface area contributed by atoms with Crippen molar-refractivity contribution >= 4 is 27.5 Å². The molecule has 0 aliphatic carbocycles. The number of benzene rings is 1. The van der Waals surface area contributed by atoms with Gasteiger partial charge in [-0.25, -0.2) is 0 Å². The van der Waals surface area contributed by atoms with Crippen LogP contribution in [0, 0.1) is 0 Å². The van der Waals surface area contributed by atoms with Crippen molar-refractivity contribution in [2.45, 2.75) is 43.8 Å². The van der Waals surface area contributed by atoms with E-state index < -0.39 is 0 Å². The number of fused-ring (bicyclic) bond motifs is 2. The molecule has 0 saturated carbocycles. The number of halogens is 1. The van der Waals surface area contributed by atoms with Gasteiger partial charge < -0.3 is 10.6 Å². The number of nitrogens with zero attached hydrogens (tertiary/aromatic N) is 1. The third-order valence-electron chi connectivity index (χ3n) is 4.61. The van der Waals surface area contributed by atoms with E-state index in [-0.39, 0.29) is 5.91 Å². The van der Waals surface area contributed by atoms with Crippen LogP contribution in [-0.2, 0) is 4.79 Å². The topological polar surface area (TPSA) is 44.4 Å². The number of carbonyl (C=O) groups excluding carboxylic acids is 1. The van der Waals surface area contributed by atoms with Gasteiger partial charge in [-0.1, -0.05) is 12.1 Å². The van der Waals surface area contributed by atoms with Crippen molar-refractivity contribution in [2.75, 3.05) is 18.9 Å². The van der Waals surface area contributed by atoms with E-state index >= 15 is 0 Å². The van der Waals surface area contributed by atoms with Crippen LogP contribution in [0.3, 0.4) is 0 Å². The Bertz CT molecular complexity index is 510. The Hall–Kier alpha value is -0.910. The molecule has 2 unspecified atom stereocenters. The number of likely N-dealkylation sites (N-methyl/N-ethyl adjacent to an activating group) is 1. The van der Waals surface area contributed by atoms with Gasteiger partial charge in [0.05, 0.1) is 12.2 Å². The fourth-order valence-electron chi connectivity index (χ4n) is 3.50. The van der Waals surface area contributed by atoms with Crippen molar-refractivity contribution in [3.05, 3.63) is 28.7 Å². The largest absolute Gasteiger partial charge is 0.324 e. The lowest BCUT2D eigenvalue weighted by atomic mass is 9.98. The van der Waals surface area contributed by atoms with Crippen molar-refractivity contribution in [1.82, 2.24) is 10.2 Å². The molecule has 0 spiro atoms. The van der Waals surface area contributed by atoms with Crippen LogP contribution >= 0.6 is 15.9 Å². The lowest BCUT2D eigenvalue weighted by Gasteiger charge is -2.35. The second-order valence-corrected chi connectivity index (χ2v) is 7.06. The Kier molecular flexibility index (Phi) is 4.62. The summed E-state index contributed by atoms with van der Waals surface area (Å²) in [5.74, 6) is 0.0512. The Morgan fingerprint density at radius 3 is 2.67 bits per heavy atom. The van der Waals surface area contributed by atoms with E-state index in [1.165, 1.54) is 12.8 Å². The molecule has 2 aliphatic heterocycles. The maximum absolute atomic E-state index is 12.2. The first kappa shape index (κ1) is 15.0. The molecule has 5 heteroatoms. The maximum Gasteiger partial charge on any atom is 0.238 e. The van der Waals surface area contributed by atoms with E-state index in [4.69, 9.17) is 0 Å². The molecule has 2 saturated heterocycles. The normalized spacial score (nSPS) is 27.9. The van der Waals surface area contributed by atoms with Gasteiger partial charge in [0.25, 0.3) is 0 Å². The lowest BCUT2D eigenvalue weighted by molar-refractivity contribution is -0.117. The molecular weight excluding hydrogens is 330 g/mol. The van der Waals surface area contributed by atoms with Crippen molar-refractivity contribution in [2.24, 2.45) is 0 Å². The summed E-state index contributed by atoms with van der Waals surface area (Å²) < 4.78 is 0.918. The van der Waals surface area contributed by atoms with E-state index in [1.807, 2.05) is 24.3 Å². The first-order valence-corrected chi connectivity index (χ1v) is 8.42. The molecule has 2 fully saturated rings. The predicted octanol–water partition coefficient (Wildman–Crippen LogP) is 2.60. The highest BCUT2D eigenvalue weighted by molar-refractivity contribution is 9.10. The van der Waals surface area contributed by atoms with Crippen LogP contribution in [0.4, 0.5) is 5.69 Å². The van der Waals surface area contributed by atoms with Gasteiger partial charge in [0, 0.05) is 22.6 Å². The fraction of sp³-hybridized carbons (Fsp3) is 0.562. The number of nitrogens with one attached hydrogen (secondary N) is 2. The van der Waals surface area contributed by atoms with E-state index in [9.17, 15) is 4.79 Å². The van der Waals surface area contributed by atoms with Gasteiger partial charge in [0.1, 0.15) is 0 Å². The molecular formula is C16H22BrN3O. The Morgan fingerprint density at radius 1 is 1.33 bits per heavy atom. The smallest absolute Gasteiger partial charge is 0.238 e. The van der Waals surface area contributed by atoms with E-state index in [1.54, 1.807) is 0 Å². The highest BCUT2D eigenvalue weighted by Crippen LogP contribution is 2.29. The van der Waals surface area contributed by atoms with E-state index in [2.05, 4.69) is 38.5 Å². The molecule has 3 rings (SSSR count). The van der Waals surface area contributed by atoms with Crippen LogP contribution in [0.5, 0.6) is 0 Å². The molecule has 1 aromatic rings. The zero-order valence-electron chi connectivity index (χ0n) is 12.3. The average Bonchev–Trinajstić information content (AvgIpc) is 2.80. The standard InChI is InChI=1S/C16H22BrN3O/c1-20(13-8-11-6-7-12(9-13)18-11)10-16(21)19-15-5-3-2-4-14(15)17/h2-5,11-13,18H,6-10H2,1H3,(H,19,21). The maximum atomic E-state index is 12.2. The molecule has 1 aromatic carbocycles. The minimum Gasteiger partial charge on any atom is -0.324 e. The number of hydrogen-bond donors (Lipinski definition) is 2. The lowest BCUT2D eigenvalue weighted by Crippen LogP contribution is -2.48. The Morgan fingerprint density at radius 2 is 2.00 bits per heavy atom. The number of rotatable bonds is 4. The van der Waals surface area contributed by atoms with Crippen molar-refractivity contribution < 1.29 is 4.79 Å². The van der Waals surface area contributed by atoms with Gasteiger partial charge >= 0.3 is 0 Å². The first-order chi connectivity index (χ1) is 10.1. The van der Waals surface area contributed by atoms with Crippen molar-refractivity contribution in [1.29, 1.82) is 0 Å². The van der Waals surface area contributed by atoms with Crippen LogP contribution < -0.4 is 10.6 Å². The Labute approximate surface area is 134 Å². The van der Waals surface area contributed by atoms with Crippen LogP contribution in [-0.4, -0.2) is 42.5 Å². The van der Waals surface area contributed by atoms with Gasteiger partial charge in [-0.15, -0.1) is 0 Å². The number of anilines is 1. The summed E-state index contributed by atoms with van der Waals surface area (Å²) in [4.78, 5) is 14.4. The van der Waals surface area contributed by atoms with Crippen molar-refractivity contribution in [3.8, 4) is 0 Å². The molecule has 21 heavy (non-hydrogen) atoms. The SMILES string of the molecule is CN(CC(=O)Nc1ccccc1Br)C1CC2CCC(C1)N2. The summed E-state index contributed by atoms with van der Waals surface area (Å²) in [5.41, 5.74) is 0.835. The van der Waals surface area contributed by atoms with Crippen molar-refractivity contribution in [3.63, 3.8) is 0 Å². The van der Waals surface area contributed by atoms with E-state index in [0.29, 0.717) is 24.7 Å². The summed E-state index contributed by atoms with van der Waals surface area (Å²) in [5, 5.41) is 6.62. The zero-order chi connectivity index (χ0) is 14.8. The summed E-state index contributed by atoms with van der Waals surface area (Å²) in [6.45, 7) is 0.450. The summed E-state index contributed by atoms with van der Waals surface area (Å²) in [7, 11) is 2.06. The van der Waals surface area contributed by atoms with Crippen LogP contribution in [0.2, 0.25) is 0 Å². The van der Waals surface area contributed by atoms with Crippen LogP contribution in [0.25, 0.3) is 0 Å². The number of piperidine rings is 1. The minimum atomic E-state index is 0.0512. The highest BCUT2D eigenvalue weighted by atomic mass is 79.9. The third kappa shape index (κ3) is 3.65. The summed E-state index contributed by atoms with van der Waals surface area (Å²) >= 11 is 3.45. The molecule has 1 amide bonds. The van der Waals surface area contributed by atoms with Crippen LogP contribution in [0.1, 0.15) is 25.7 Å². The number of hydrogen-bond acceptors (Lipinski definition) is 3. The zero-order valence-corrected chi connectivity index (χ0v) is 13.9. The summed E-state index contributed by atoms with van der Waals surface area (Å²) in [6, 6.07) is 9.54. The highest BCUT2D eigenvalue weighted by Gasteiger charge is 2.35. The first-order valence-electron chi connectivity index (χ1n) is 7.62. The van der Waals surface area contributed by atoms with Gasteiger partial charge in [0.2, 0.25) is 5.91 Å². The molecule has 0 radical (unpaired) electrons. The monoisotopic (exact) mass is 351 g/mol. The average molecular weight is 352 g/mol. The van der Waals surface area contributed by atoms with Crippen LogP contribution in [0.15, 0.2) is 28.7 Å². The molecule has 4 nitrogen and oxygen atoms in total.